The van der Waals surface area contributed by atoms with Crippen molar-refractivity contribution < 1.29 is 4.79 Å². The molecule has 0 bridgehead atoms. The van der Waals surface area contributed by atoms with Gasteiger partial charge in [0.05, 0.1) is 0 Å². The summed E-state index contributed by atoms with van der Waals surface area (Å²) in [4.78, 5) is 12.6. The maximum absolute atomic E-state index is 12.6. The SMILES string of the molecule is O=C(c1ccccc1CS)c1cc(Cl)ccc1CS. The quantitative estimate of drug-likeness (QED) is 0.631. The first kappa shape index (κ1) is 14.5. The smallest absolute Gasteiger partial charge is 0.193 e. The highest BCUT2D eigenvalue weighted by molar-refractivity contribution is 7.79. The summed E-state index contributed by atoms with van der Waals surface area (Å²) in [5.74, 6) is 0.996. The summed E-state index contributed by atoms with van der Waals surface area (Å²) in [5, 5.41) is 0.553. The third-order valence-electron chi connectivity index (χ3n) is 2.92. The zero-order chi connectivity index (χ0) is 13.8. The molecule has 98 valence electrons. The molecule has 4 heteroatoms. The van der Waals surface area contributed by atoms with Crippen LogP contribution in [0.25, 0.3) is 0 Å². The van der Waals surface area contributed by atoms with Crippen molar-refractivity contribution in [1.82, 2.24) is 0 Å². The highest BCUT2D eigenvalue weighted by Crippen LogP contribution is 2.23. The van der Waals surface area contributed by atoms with Crippen molar-refractivity contribution in [2.45, 2.75) is 11.5 Å². The Labute approximate surface area is 128 Å². The predicted octanol–water partition coefficient (Wildman–Crippen LogP) is 4.43. The summed E-state index contributed by atoms with van der Waals surface area (Å²) in [6.45, 7) is 0. The standard InChI is InChI=1S/C15H13ClOS2/c16-12-6-5-11(9-19)14(7-12)15(17)13-4-2-1-3-10(13)8-18/h1-7,18-19H,8-9H2. The fourth-order valence-electron chi connectivity index (χ4n) is 1.92. The van der Waals surface area contributed by atoms with E-state index in [1.807, 2.05) is 30.3 Å². The Morgan fingerprint density at radius 3 is 2.26 bits per heavy atom. The zero-order valence-electron chi connectivity index (χ0n) is 10.1. The van der Waals surface area contributed by atoms with Gasteiger partial charge in [-0.1, -0.05) is 41.9 Å². The molecule has 0 aliphatic rings. The van der Waals surface area contributed by atoms with Gasteiger partial charge in [-0.05, 0) is 23.3 Å². The minimum Gasteiger partial charge on any atom is -0.289 e. The average molecular weight is 309 g/mol. The Kier molecular flexibility index (Phi) is 4.97. The second-order valence-corrected chi connectivity index (χ2v) is 5.17. The fraction of sp³-hybridized carbons (Fsp3) is 0.133. The van der Waals surface area contributed by atoms with E-state index in [1.165, 1.54) is 0 Å². The van der Waals surface area contributed by atoms with Crippen molar-refractivity contribution in [2.24, 2.45) is 0 Å². The lowest BCUT2D eigenvalue weighted by molar-refractivity contribution is 0.103. The van der Waals surface area contributed by atoms with E-state index < -0.39 is 0 Å². The van der Waals surface area contributed by atoms with Crippen molar-refractivity contribution in [3.63, 3.8) is 0 Å². The van der Waals surface area contributed by atoms with Crippen LogP contribution in [-0.4, -0.2) is 5.78 Å². The minimum absolute atomic E-state index is 0.0313. The van der Waals surface area contributed by atoms with Gasteiger partial charge >= 0.3 is 0 Å². The number of benzene rings is 2. The molecular formula is C15H13ClOS2. The van der Waals surface area contributed by atoms with Crippen LogP contribution in [0.5, 0.6) is 0 Å². The van der Waals surface area contributed by atoms with E-state index in [2.05, 4.69) is 25.3 Å². The fourth-order valence-corrected chi connectivity index (χ4v) is 2.65. The summed E-state index contributed by atoms with van der Waals surface area (Å²) >= 11 is 14.5. The summed E-state index contributed by atoms with van der Waals surface area (Å²) in [6.07, 6.45) is 0. The summed E-state index contributed by atoms with van der Waals surface area (Å²) in [5.41, 5.74) is 3.08. The number of ketones is 1. The van der Waals surface area contributed by atoms with Crippen molar-refractivity contribution in [1.29, 1.82) is 0 Å². The molecule has 0 amide bonds. The maximum atomic E-state index is 12.6. The molecule has 0 atom stereocenters. The van der Waals surface area contributed by atoms with Crippen molar-refractivity contribution >= 4 is 42.6 Å². The first-order valence-electron chi connectivity index (χ1n) is 5.80. The number of hydrogen-bond acceptors (Lipinski definition) is 3. The molecule has 0 heterocycles. The molecule has 0 saturated heterocycles. The van der Waals surface area contributed by atoms with E-state index in [0.717, 1.165) is 11.1 Å². The van der Waals surface area contributed by atoms with E-state index >= 15 is 0 Å². The zero-order valence-corrected chi connectivity index (χ0v) is 12.7. The van der Waals surface area contributed by atoms with Gasteiger partial charge in [-0.2, -0.15) is 25.3 Å². The lowest BCUT2D eigenvalue weighted by Gasteiger charge is -2.10. The van der Waals surface area contributed by atoms with Crippen LogP contribution >= 0.6 is 36.9 Å². The Balaban J connectivity index is 2.52. The summed E-state index contributed by atoms with van der Waals surface area (Å²) in [7, 11) is 0. The Hall–Kier alpha value is -0.900. The molecule has 0 saturated carbocycles. The Bertz CT molecular complexity index is 611. The molecule has 0 aliphatic carbocycles. The van der Waals surface area contributed by atoms with Crippen molar-refractivity contribution in [2.75, 3.05) is 0 Å². The molecule has 0 fully saturated rings. The molecule has 0 N–H and O–H groups in total. The van der Waals surface area contributed by atoms with Gasteiger partial charge in [0.15, 0.2) is 5.78 Å². The van der Waals surface area contributed by atoms with E-state index in [4.69, 9.17) is 11.6 Å². The van der Waals surface area contributed by atoms with Gasteiger partial charge in [0, 0.05) is 27.7 Å². The molecule has 0 aliphatic heterocycles. The van der Waals surface area contributed by atoms with E-state index in [-0.39, 0.29) is 5.78 Å². The third-order valence-corrected chi connectivity index (χ3v) is 3.84. The van der Waals surface area contributed by atoms with Gasteiger partial charge in [-0.15, -0.1) is 0 Å². The predicted molar refractivity (Wildman–Crippen MR) is 86.7 cm³/mol. The van der Waals surface area contributed by atoms with Crippen LogP contribution in [0.15, 0.2) is 42.5 Å². The van der Waals surface area contributed by atoms with Gasteiger partial charge in [0.1, 0.15) is 0 Å². The van der Waals surface area contributed by atoms with Crippen LogP contribution < -0.4 is 0 Å². The second-order valence-electron chi connectivity index (χ2n) is 4.10. The van der Waals surface area contributed by atoms with Gasteiger partial charge in [-0.3, -0.25) is 4.79 Å². The molecular weight excluding hydrogens is 296 g/mol. The van der Waals surface area contributed by atoms with Gasteiger partial charge in [-0.25, -0.2) is 0 Å². The topological polar surface area (TPSA) is 17.1 Å². The Morgan fingerprint density at radius 1 is 0.947 bits per heavy atom. The molecule has 0 spiro atoms. The molecule has 1 nitrogen and oxygen atoms in total. The van der Waals surface area contributed by atoms with Gasteiger partial charge < -0.3 is 0 Å². The molecule has 0 radical (unpaired) electrons. The maximum Gasteiger partial charge on any atom is 0.193 e. The lowest BCUT2D eigenvalue weighted by atomic mass is 9.96. The number of halogens is 1. The monoisotopic (exact) mass is 308 g/mol. The van der Waals surface area contributed by atoms with Crippen LogP contribution in [-0.2, 0) is 11.5 Å². The molecule has 2 rings (SSSR count). The Morgan fingerprint density at radius 2 is 1.58 bits per heavy atom. The molecule has 2 aromatic carbocycles. The summed E-state index contributed by atoms with van der Waals surface area (Å²) < 4.78 is 0. The number of carbonyl (C=O) groups excluding carboxylic acids is 1. The first-order valence-corrected chi connectivity index (χ1v) is 7.44. The number of thiol groups is 2. The molecule has 0 unspecified atom stereocenters. The van der Waals surface area contributed by atoms with Crippen LogP contribution in [0, 0.1) is 0 Å². The number of rotatable bonds is 4. The van der Waals surface area contributed by atoms with Crippen LogP contribution in [0.1, 0.15) is 27.0 Å². The molecule has 0 aromatic heterocycles. The second kappa shape index (κ2) is 6.51. The first-order chi connectivity index (χ1) is 9.17. The van der Waals surface area contributed by atoms with Gasteiger partial charge in [0.25, 0.3) is 0 Å². The summed E-state index contributed by atoms with van der Waals surface area (Å²) in [6, 6.07) is 12.8. The average Bonchev–Trinajstić information content (AvgIpc) is 2.46. The van der Waals surface area contributed by atoms with Crippen LogP contribution in [0.3, 0.4) is 0 Å². The number of carbonyl (C=O) groups is 1. The van der Waals surface area contributed by atoms with E-state index in [0.29, 0.717) is 27.7 Å². The third kappa shape index (κ3) is 3.16. The van der Waals surface area contributed by atoms with Crippen LogP contribution in [0.2, 0.25) is 5.02 Å². The van der Waals surface area contributed by atoms with Crippen molar-refractivity contribution in [3.8, 4) is 0 Å². The minimum atomic E-state index is -0.0313. The van der Waals surface area contributed by atoms with Crippen LogP contribution in [0.4, 0.5) is 0 Å². The largest absolute Gasteiger partial charge is 0.289 e. The molecule has 19 heavy (non-hydrogen) atoms. The lowest BCUT2D eigenvalue weighted by Crippen LogP contribution is -2.07. The highest BCUT2D eigenvalue weighted by atomic mass is 35.5. The normalized spacial score (nSPS) is 10.5. The van der Waals surface area contributed by atoms with Gasteiger partial charge in [0.2, 0.25) is 0 Å². The van der Waals surface area contributed by atoms with E-state index in [9.17, 15) is 4.79 Å². The highest BCUT2D eigenvalue weighted by Gasteiger charge is 2.16. The van der Waals surface area contributed by atoms with E-state index in [1.54, 1.807) is 12.1 Å². The van der Waals surface area contributed by atoms with Crippen molar-refractivity contribution in [3.05, 3.63) is 69.7 Å². The number of hydrogen-bond donors (Lipinski definition) is 2. The molecule has 2 aromatic rings.